The Kier molecular flexibility index (Phi) is 6.86. The Morgan fingerprint density at radius 1 is 0.967 bits per heavy atom. The van der Waals surface area contributed by atoms with E-state index in [1.54, 1.807) is 0 Å². The highest BCUT2D eigenvalue weighted by atomic mass is 35.5. The third-order valence-corrected chi connectivity index (χ3v) is 9.84. The van der Waals surface area contributed by atoms with Gasteiger partial charge in [-0.05, 0) is 36.8 Å². The van der Waals surface area contributed by atoms with Crippen LogP contribution in [0.4, 0.5) is 5.00 Å². The van der Waals surface area contributed by atoms with Gasteiger partial charge in [0.2, 0.25) is 24.0 Å². The summed E-state index contributed by atoms with van der Waals surface area (Å²) < 4.78 is 51.4. The second-order valence-corrected chi connectivity index (χ2v) is 12.2. The topological polar surface area (TPSA) is 84.4 Å². The van der Waals surface area contributed by atoms with E-state index < -0.39 is 19.7 Å². The molecule has 6 nitrogen and oxygen atoms in total. The van der Waals surface area contributed by atoms with Crippen LogP contribution in [0.5, 0.6) is 0 Å². The lowest BCUT2D eigenvalue weighted by Gasteiger charge is -2.22. The Morgan fingerprint density at radius 3 is 2.17 bits per heavy atom. The number of hydrogen-bond donors (Lipinski definition) is 0. The Hall–Kier alpha value is -1.94. The average molecular weight is 485 g/mol. The number of sulfone groups is 2. The van der Waals surface area contributed by atoms with Crippen LogP contribution in [0.15, 0.2) is 68.9 Å². The molecule has 0 fully saturated rings. The number of rotatable bonds is 8. The molecule has 0 radical (unpaired) electrons. The summed E-state index contributed by atoms with van der Waals surface area (Å²) in [6.45, 7) is 4.29. The minimum atomic E-state index is -4.05. The first-order chi connectivity index (χ1) is 14.2. The molecule has 0 spiro atoms. The molecule has 0 bridgehead atoms. The van der Waals surface area contributed by atoms with E-state index >= 15 is 0 Å². The Balaban J connectivity index is 2.17. The van der Waals surface area contributed by atoms with Gasteiger partial charge in [0, 0.05) is 18.1 Å². The number of aromatic nitrogens is 1. The van der Waals surface area contributed by atoms with Crippen molar-refractivity contribution in [1.82, 2.24) is 4.98 Å². The van der Waals surface area contributed by atoms with Crippen molar-refractivity contribution in [3.63, 3.8) is 0 Å². The summed E-state index contributed by atoms with van der Waals surface area (Å²) in [5, 5.41) is 0.462. The van der Waals surface area contributed by atoms with E-state index in [0.29, 0.717) is 23.1 Å². The van der Waals surface area contributed by atoms with Crippen LogP contribution >= 0.6 is 22.9 Å². The summed E-state index contributed by atoms with van der Waals surface area (Å²) >= 11 is 6.78. The van der Waals surface area contributed by atoms with E-state index in [4.69, 9.17) is 11.6 Å². The van der Waals surface area contributed by atoms with E-state index in [1.807, 2.05) is 42.2 Å². The Morgan fingerprint density at radius 2 is 1.60 bits per heavy atom. The molecule has 0 aliphatic rings. The van der Waals surface area contributed by atoms with E-state index in [-0.39, 0.29) is 20.0 Å². The van der Waals surface area contributed by atoms with Crippen LogP contribution in [-0.2, 0) is 26.2 Å². The van der Waals surface area contributed by atoms with Gasteiger partial charge in [0.25, 0.3) is 0 Å². The number of thiazole rings is 1. The molecule has 3 aromatic rings. The summed E-state index contributed by atoms with van der Waals surface area (Å²) in [6, 6.07) is 15.3. The molecule has 0 unspecified atom stereocenters. The summed E-state index contributed by atoms with van der Waals surface area (Å²) in [5.74, 6) is -0.162. The second-order valence-electron chi connectivity index (χ2n) is 6.45. The highest BCUT2D eigenvalue weighted by Crippen LogP contribution is 2.38. The van der Waals surface area contributed by atoms with Crippen LogP contribution in [0.25, 0.3) is 0 Å². The maximum absolute atomic E-state index is 13.3. The standard InChI is InChI=1S/C20H21ClN2O4S3/c1-3-23(14-15-8-6-5-7-9-15)19-18(22-20(28-19)29(24,25)4-2)30(26,27)17-12-10-16(21)11-13-17/h5-13H,3-4,14H2,1-2H3. The van der Waals surface area contributed by atoms with Gasteiger partial charge in [0.05, 0.1) is 10.6 Å². The van der Waals surface area contributed by atoms with Gasteiger partial charge in [-0.3, -0.25) is 0 Å². The molecule has 30 heavy (non-hydrogen) atoms. The van der Waals surface area contributed by atoms with E-state index in [2.05, 4.69) is 4.98 Å². The Bertz CT molecular complexity index is 1220. The summed E-state index contributed by atoms with van der Waals surface area (Å²) in [4.78, 5) is 5.93. The zero-order valence-electron chi connectivity index (χ0n) is 16.4. The molecule has 1 aromatic heterocycles. The first-order valence-electron chi connectivity index (χ1n) is 9.22. The number of hydrogen-bond acceptors (Lipinski definition) is 7. The molecule has 0 saturated carbocycles. The SMILES string of the molecule is CCN(Cc1ccccc1)c1sc(S(=O)(=O)CC)nc1S(=O)(=O)c1ccc(Cl)cc1. The zero-order chi connectivity index (χ0) is 21.9. The van der Waals surface area contributed by atoms with Crippen LogP contribution in [0.3, 0.4) is 0 Å². The fourth-order valence-electron chi connectivity index (χ4n) is 2.77. The lowest BCUT2D eigenvalue weighted by Crippen LogP contribution is -2.23. The number of benzene rings is 2. The maximum Gasteiger partial charge on any atom is 0.226 e. The fraction of sp³-hybridized carbons (Fsp3) is 0.250. The second kappa shape index (κ2) is 9.05. The van der Waals surface area contributed by atoms with Gasteiger partial charge in [-0.2, -0.15) is 0 Å². The highest BCUT2D eigenvalue weighted by molar-refractivity contribution is 7.94. The third kappa shape index (κ3) is 4.69. The van der Waals surface area contributed by atoms with Crippen molar-refractivity contribution < 1.29 is 16.8 Å². The summed E-state index contributed by atoms with van der Waals surface area (Å²) in [5.41, 5.74) is 0.975. The smallest absolute Gasteiger partial charge is 0.226 e. The third-order valence-electron chi connectivity index (χ3n) is 4.47. The fourth-order valence-corrected chi connectivity index (χ4v) is 7.09. The molecule has 3 rings (SSSR count). The molecule has 0 N–H and O–H groups in total. The van der Waals surface area contributed by atoms with Crippen LogP contribution in [0.2, 0.25) is 5.02 Å². The number of nitrogens with zero attached hydrogens (tertiary/aromatic N) is 2. The lowest BCUT2D eigenvalue weighted by molar-refractivity contribution is 0.589. The maximum atomic E-state index is 13.3. The molecular formula is C20H21ClN2O4S3. The minimum absolute atomic E-state index is 0.00895. The number of halogens is 1. The van der Waals surface area contributed by atoms with Crippen molar-refractivity contribution in [2.24, 2.45) is 0 Å². The normalized spacial score (nSPS) is 12.1. The predicted octanol–water partition coefficient (Wildman–Crippen LogP) is 4.45. The molecule has 1 heterocycles. The van der Waals surface area contributed by atoms with Crippen molar-refractivity contribution in [3.05, 3.63) is 65.2 Å². The van der Waals surface area contributed by atoms with E-state index in [9.17, 15) is 16.8 Å². The van der Waals surface area contributed by atoms with Gasteiger partial charge in [0.1, 0.15) is 5.00 Å². The van der Waals surface area contributed by atoms with Gasteiger partial charge < -0.3 is 4.90 Å². The Labute approximate surface area is 186 Å². The van der Waals surface area contributed by atoms with Crippen LogP contribution in [0.1, 0.15) is 19.4 Å². The van der Waals surface area contributed by atoms with Gasteiger partial charge in [-0.25, -0.2) is 21.8 Å². The molecule has 0 aliphatic carbocycles. The van der Waals surface area contributed by atoms with Crippen molar-refractivity contribution >= 4 is 47.6 Å². The molecule has 0 amide bonds. The molecule has 160 valence electrons. The minimum Gasteiger partial charge on any atom is -0.357 e. The number of anilines is 1. The van der Waals surface area contributed by atoms with Crippen LogP contribution in [0, 0.1) is 0 Å². The largest absolute Gasteiger partial charge is 0.357 e. The molecule has 0 saturated heterocycles. The van der Waals surface area contributed by atoms with Crippen LogP contribution in [-0.4, -0.2) is 34.1 Å². The molecule has 2 aromatic carbocycles. The lowest BCUT2D eigenvalue weighted by atomic mass is 10.2. The zero-order valence-corrected chi connectivity index (χ0v) is 19.7. The van der Waals surface area contributed by atoms with Crippen molar-refractivity contribution in [1.29, 1.82) is 0 Å². The highest BCUT2D eigenvalue weighted by Gasteiger charge is 2.32. The van der Waals surface area contributed by atoms with Crippen LogP contribution < -0.4 is 4.90 Å². The van der Waals surface area contributed by atoms with Gasteiger partial charge in [-0.15, -0.1) is 0 Å². The van der Waals surface area contributed by atoms with Gasteiger partial charge in [0.15, 0.2) is 5.03 Å². The quantitative estimate of drug-likeness (QED) is 0.469. The van der Waals surface area contributed by atoms with Crippen molar-refractivity contribution in [3.8, 4) is 0 Å². The van der Waals surface area contributed by atoms with E-state index in [1.165, 1.54) is 31.2 Å². The monoisotopic (exact) mass is 484 g/mol. The van der Waals surface area contributed by atoms with E-state index in [0.717, 1.165) is 16.9 Å². The average Bonchev–Trinajstić information content (AvgIpc) is 3.20. The first kappa shape index (κ1) is 22.7. The molecule has 0 atom stereocenters. The summed E-state index contributed by atoms with van der Waals surface area (Å²) in [7, 11) is -7.72. The molecule has 0 aliphatic heterocycles. The van der Waals surface area contributed by atoms with Crippen molar-refractivity contribution in [2.75, 3.05) is 17.2 Å². The first-order valence-corrected chi connectivity index (χ1v) is 13.5. The predicted molar refractivity (Wildman–Crippen MR) is 120 cm³/mol. The molecular weight excluding hydrogens is 464 g/mol. The molecule has 10 heteroatoms. The summed E-state index contributed by atoms with van der Waals surface area (Å²) in [6.07, 6.45) is 0. The van der Waals surface area contributed by atoms with Crippen molar-refractivity contribution in [2.45, 2.75) is 34.7 Å². The van der Waals surface area contributed by atoms with Gasteiger partial charge >= 0.3 is 0 Å². The van der Waals surface area contributed by atoms with Gasteiger partial charge in [-0.1, -0.05) is 60.2 Å².